The first kappa shape index (κ1) is 17.3. The molecule has 0 spiro atoms. The summed E-state index contributed by atoms with van der Waals surface area (Å²) in [4.78, 5) is 16.6. The minimum atomic E-state index is -0.952. The third-order valence-electron chi connectivity index (χ3n) is 4.86. The van der Waals surface area contributed by atoms with Crippen molar-refractivity contribution in [2.45, 2.75) is 18.9 Å². The number of likely N-dealkylation sites (tertiary alicyclic amines) is 1. The maximum atomic E-state index is 13.2. The van der Waals surface area contributed by atoms with Crippen LogP contribution in [-0.2, 0) is 9.53 Å². The van der Waals surface area contributed by atoms with Crippen LogP contribution in [-0.4, -0.2) is 66.8 Å². The van der Waals surface area contributed by atoms with Crippen molar-refractivity contribution in [3.05, 3.63) is 35.6 Å². The molecule has 0 bridgehead atoms. The average Bonchev–Trinajstić information content (AvgIpc) is 3.04. The molecule has 2 atom stereocenters. The van der Waals surface area contributed by atoms with Crippen molar-refractivity contribution in [3.8, 4) is 0 Å². The van der Waals surface area contributed by atoms with Gasteiger partial charge in [0.25, 0.3) is 0 Å². The van der Waals surface area contributed by atoms with E-state index in [2.05, 4.69) is 4.90 Å². The van der Waals surface area contributed by atoms with Gasteiger partial charge in [-0.3, -0.25) is 9.69 Å². The summed E-state index contributed by atoms with van der Waals surface area (Å²) in [7, 11) is 0. The lowest BCUT2D eigenvalue weighted by Gasteiger charge is -2.29. The standard InChI is InChI=1S/C18H25FN2O3/c19-16-3-1-2-15(10-16)17(22)11-18(23)21-5-4-14(13-21)12-20-6-8-24-9-7-20/h1-3,10,14,17,22H,4-9,11-13H2. The molecule has 2 fully saturated rings. The number of aliphatic hydroxyl groups excluding tert-OH is 1. The number of halogens is 1. The summed E-state index contributed by atoms with van der Waals surface area (Å²) in [5.74, 6) is 0.0281. The molecule has 1 aromatic carbocycles. The molecule has 2 aliphatic rings. The Bertz CT molecular complexity index is 563. The van der Waals surface area contributed by atoms with Crippen molar-refractivity contribution in [1.29, 1.82) is 0 Å². The van der Waals surface area contributed by atoms with Gasteiger partial charge in [0.1, 0.15) is 5.82 Å². The Morgan fingerprint density at radius 3 is 2.88 bits per heavy atom. The zero-order chi connectivity index (χ0) is 16.9. The van der Waals surface area contributed by atoms with Crippen LogP contribution in [0.15, 0.2) is 24.3 Å². The quantitative estimate of drug-likeness (QED) is 0.884. The van der Waals surface area contributed by atoms with Gasteiger partial charge in [0.2, 0.25) is 5.91 Å². The second-order valence-corrected chi connectivity index (χ2v) is 6.68. The molecule has 1 amide bonds. The van der Waals surface area contributed by atoms with Crippen LogP contribution in [0.5, 0.6) is 0 Å². The lowest BCUT2D eigenvalue weighted by molar-refractivity contribution is -0.132. The van der Waals surface area contributed by atoms with Crippen LogP contribution >= 0.6 is 0 Å². The first-order valence-corrected chi connectivity index (χ1v) is 8.63. The van der Waals surface area contributed by atoms with E-state index in [0.717, 1.165) is 52.4 Å². The number of nitrogens with zero attached hydrogens (tertiary/aromatic N) is 2. The minimum absolute atomic E-state index is 0.00767. The van der Waals surface area contributed by atoms with Gasteiger partial charge in [-0.1, -0.05) is 12.1 Å². The second kappa shape index (κ2) is 8.05. The van der Waals surface area contributed by atoms with E-state index in [1.807, 2.05) is 4.90 Å². The van der Waals surface area contributed by atoms with Crippen LogP contribution in [0.25, 0.3) is 0 Å². The van der Waals surface area contributed by atoms with Crippen molar-refractivity contribution < 1.29 is 19.0 Å². The zero-order valence-electron chi connectivity index (χ0n) is 13.9. The molecule has 2 unspecified atom stereocenters. The zero-order valence-corrected chi connectivity index (χ0v) is 13.9. The number of morpholine rings is 1. The predicted octanol–water partition coefficient (Wildman–Crippen LogP) is 1.43. The van der Waals surface area contributed by atoms with Gasteiger partial charge in [-0.2, -0.15) is 0 Å². The highest BCUT2D eigenvalue weighted by Gasteiger charge is 2.29. The van der Waals surface area contributed by atoms with Crippen molar-refractivity contribution >= 4 is 5.91 Å². The summed E-state index contributed by atoms with van der Waals surface area (Å²) in [6, 6.07) is 5.80. The molecule has 2 saturated heterocycles. The molecule has 0 radical (unpaired) electrons. The Hall–Kier alpha value is -1.50. The first-order chi connectivity index (χ1) is 11.6. The molecule has 0 saturated carbocycles. The Morgan fingerprint density at radius 2 is 2.12 bits per heavy atom. The van der Waals surface area contributed by atoms with Crippen LogP contribution in [0.4, 0.5) is 4.39 Å². The van der Waals surface area contributed by atoms with E-state index in [4.69, 9.17) is 4.74 Å². The molecule has 132 valence electrons. The molecular formula is C18H25FN2O3. The van der Waals surface area contributed by atoms with Gasteiger partial charge in [0, 0.05) is 32.7 Å². The Kier molecular flexibility index (Phi) is 5.81. The lowest BCUT2D eigenvalue weighted by Crippen LogP contribution is -2.40. The van der Waals surface area contributed by atoms with Crippen LogP contribution in [0.2, 0.25) is 0 Å². The molecule has 2 heterocycles. The predicted molar refractivity (Wildman–Crippen MR) is 87.9 cm³/mol. The van der Waals surface area contributed by atoms with Gasteiger partial charge < -0.3 is 14.7 Å². The van der Waals surface area contributed by atoms with Gasteiger partial charge >= 0.3 is 0 Å². The fourth-order valence-corrected chi connectivity index (χ4v) is 3.48. The van der Waals surface area contributed by atoms with Gasteiger partial charge in [-0.15, -0.1) is 0 Å². The molecule has 24 heavy (non-hydrogen) atoms. The highest BCUT2D eigenvalue weighted by molar-refractivity contribution is 5.77. The SMILES string of the molecule is O=C(CC(O)c1cccc(F)c1)N1CCC(CN2CCOCC2)C1. The number of hydrogen-bond donors (Lipinski definition) is 1. The van der Waals surface area contributed by atoms with Gasteiger partial charge in [-0.25, -0.2) is 4.39 Å². The fraction of sp³-hybridized carbons (Fsp3) is 0.611. The van der Waals surface area contributed by atoms with Crippen LogP contribution in [0.1, 0.15) is 24.5 Å². The topological polar surface area (TPSA) is 53.0 Å². The van der Waals surface area contributed by atoms with E-state index < -0.39 is 11.9 Å². The highest BCUT2D eigenvalue weighted by atomic mass is 19.1. The third kappa shape index (κ3) is 4.53. The van der Waals surface area contributed by atoms with Crippen LogP contribution < -0.4 is 0 Å². The van der Waals surface area contributed by atoms with E-state index in [1.165, 1.54) is 12.1 Å². The van der Waals surface area contributed by atoms with E-state index in [-0.39, 0.29) is 12.3 Å². The number of amides is 1. The maximum absolute atomic E-state index is 13.2. The number of hydrogen-bond acceptors (Lipinski definition) is 4. The number of benzene rings is 1. The number of aliphatic hydroxyl groups is 1. The van der Waals surface area contributed by atoms with Gasteiger partial charge in [0.15, 0.2) is 0 Å². The number of rotatable bonds is 5. The minimum Gasteiger partial charge on any atom is -0.388 e. The molecule has 5 nitrogen and oxygen atoms in total. The summed E-state index contributed by atoms with van der Waals surface area (Å²) in [5, 5.41) is 10.2. The van der Waals surface area contributed by atoms with E-state index in [0.29, 0.717) is 11.5 Å². The van der Waals surface area contributed by atoms with Crippen LogP contribution in [0, 0.1) is 11.7 Å². The summed E-state index contributed by atoms with van der Waals surface area (Å²) in [5.41, 5.74) is 0.451. The lowest BCUT2D eigenvalue weighted by atomic mass is 10.1. The molecule has 3 rings (SSSR count). The molecule has 6 heteroatoms. The molecule has 1 N–H and O–H groups in total. The Balaban J connectivity index is 1.47. The first-order valence-electron chi connectivity index (χ1n) is 8.63. The molecular weight excluding hydrogens is 311 g/mol. The summed E-state index contributed by atoms with van der Waals surface area (Å²) < 4.78 is 18.6. The molecule has 0 aliphatic carbocycles. The highest BCUT2D eigenvalue weighted by Crippen LogP contribution is 2.23. The van der Waals surface area contributed by atoms with E-state index in [1.54, 1.807) is 12.1 Å². The number of ether oxygens (including phenoxy) is 1. The Morgan fingerprint density at radius 1 is 1.33 bits per heavy atom. The molecule has 1 aromatic rings. The fourth-order valence-electron chi connectivity index (χ4n) is 3.48. The largest absolute Gasteiger partial charge is 0.388 e. The normalized spacial score (nSPS) is 23.4. The van der Waals surface area contributed by atoms with Gasteiger partial charge in [0.05, 0.1) is 25.7 Å². The Labute approximate surface area is 142 Å². The number of carbonyl (C=O) groups is 1. The van der Waals surface area contributed by atoms with Crippen molar-refractivity contribution in [1.82, 2.24) is 9.80 Å². The van der Waals surface area contributed by atoms with Crippen LogP contribution in [0.3, 0.4) is 0 Å². The van der Waals surface area contributed by atoms with Gasteiger partial charge in [-0.05, 0) is 30.0 Å². The van der Waals surface area contributed by atoms with Crippen molar-refractivity contribution in [2.75, 3.05) is 45.9 Å². The summed E-state index contributed by atoms with van der Waals surface area (Å²) in [6.07, 6.45) is 0.0545. The van der Waals surface area contributed by atoms with E-state index >= 15 is 0 Å². The summed E-state index contributed by atoms with van der Waals surface area (Å²) in [6.45, 7) is 5.98. The van der Waals surface area contributed by atoms with Crippen molar-refractivity contribution in [3.63, 3.8) is 0 Å². The molecule has 2 aliphatic heterocycles. The monoisotopic (exact) mass is 336 g/mol. The van der Waals surface area contributed by atoms with Crippen molar-refractivity contribution in [2.24, 2.45) is 5.92 Å². The third-order valence-corrected chi connectivity index (χ3v) is 4.86. The maximum Gasteiger partial charge on any atom is 0.225 e. The number of carbonyl (C=O) groups excluding carboxylic acids is 1. The summed E-state index contributed by atoms with van der Waals surface area (Å²) >= 11 is 0. The smallest absolute Gasteiger partial charge is 0.225 e. The average molecular weight is 336 g/mol. The second-order valence-electron chi connectivity index (χ2n) is 6.68. The van der Waals surface area contributed by atoms with E-state index in [9.17, 15) is 14.3 Å². The molecule has 0 aromatic heterocycles.